The van der Waals surface area contributed by atoms with Crippen LogP contribution < -0.4 is 0 Å². The average Bonchev–Trinajstić information content (AvgIpc) is 2.78. The molecule has 6 nitrogen and oxygen atoms in total. The number of nitro groups is 1. The SMILES string of the molecule is CC(Br)c1cn(-c2cc([N+](=O)[O-])ccc2F)nn1. The third-order valence-corrected chi connectivity index (χ3v) is 2.78. The molecule has 0 aliphatic heterocycles. The van der Waals surface area contributed by atoms with Gasteiger partial charge >= 0.3 is 0 Å². The first-order valence-electron chi connectivity index (χ1n) is 4.99. The molecule has 0 amide bonds. The molecule has 1 unspecified atom stereocenters. The second-order valence-corrected chi connectivity index (χ2v) is 4.97. The molecule has 0 aliphatic rings. The number of nitro benzene ring substituents is 1. The molecule has 0 saturated heterocycles. The van der Waals surface area contributed by atoms with E-state index >= 15 is 0 Å². The number of hydrogen-bond donors (Lipinski definition) is 0. The van der Waals surface area contributed by atoms with Gasteiger partial charge in [0.25, 0.3) is 5.69 Å². The summed E-state index contributed by atoms with van der Waals surface area (Å²) in [7, 11) is 0. The predicted octanol–water partition coefficient (Wildman–Crippen LogP) is 2.77. The smallest absolute Gasteiger partial charge is 0.258 e. The minimum atomic E-state index is -0.598. The van der Waals surface area contributed by atoms with E-state index in [1.165, 1.54) is 10.9 Å². The van der Waals surface area contributed by atoms with E-state index in [4.69, 9.17) is 0 Å². The van der Waals surface area contributed by atoms with E-state index < -0.39 is 10.7 Å². The van der Waals surface area contributed by atoms with Gasteiger partial charge in [-0.3, -0.25) is 10.1 Å². The number of nitrogens with zero attached hydrogens (tertiary/aromatic N) is 4. The van der Waals surface area contributed by atoms with Gasteiger partial charge in [0.15, 0.2) is 0 Å². The molecule has 1 aromatic heterocycles. The lowest BCUT2D eigenvalue weighted by Crippen LogP contribution is -2.00. The first kappa shape index (κ1) is 12.6. The summed E-state index contributed by atoms with van der Waals surface area (Å²) < 4.78 is 14.8. The Labute approximate surface area is 110 Å². The molecule has 0 aliphatic carbocycles. The number of rotatable bonds is 3. The molecule has 1 aromatic carbocycles. The second kappa shape index (κ2) is 4.81. The summed E-state index contributed by atoms with van der Waals surface area (Å²) in [5.41, 5.74) is 0.410. The van der Waals surface area contributed by atoms with Crippen LogP contribution in [0.15, 0.2) is 24.4 Å². The zero-order valence-electron chi connectivity index (χ0n) is 9.25. The quantitative estimate of drug-likeness (QED) is 0.496. The highest BCUT2D eigenvalue weighted by Gasteiger charge is 2.14. The monoisotopic (exact) mass is 314 g/mol. The van der Waals surface area contributed by atoms with Crippen LogP contribution in [-0.4, -0.2) is 19.9 Å². The lowest BCUT2D eigenvalue weighted by Gasteiger charge is -2.01. The number of hydrogen-bond acceptors (Lipinski definition) is 4. The second-order valence-electron chi connectivity index (χ2n) is 3.60. The fourth-order valence-electron chi connectivity index (χ4n) is 1.37. The third-order valence-electron chi connectivity index (χ3n) is 2.31. The molecule has 0 radical (unpaired) electrons. The highest BCUT2D eigenvalue weighted by molar-refractivity contribution is 9.09. The van der Waals surface area contributed by atoms with Crippen LogP contribution in [0.5, 0.6) is 0 Å². The fraction of sp³-hybridized carbons (Fsp3) is 0.200. The van der Waals surface area contributed by atoms with E-state index in [0.29, 0.717) is 5.69 Å². The van der Waals surface area contributed by atoms with Crippen LogP contribution in [0.2, 0.25) is 0 Å². The molecule has 2 rings (SSSR count). The molecule has 0 N–H and O–H groups in total. The summed E-state index contributed by atoms with van der Waals surface area (Å²) in [5.74, 6) is -0.598. The molecule has 0 fully saturated rings. The first-order valence-corrected chi connectivity index (χ1v) is 5.91. The van der Waals surface area contributed by atoms with Gasteiger partial charge in [-0.15, -0.1) is 5.10 Å². The molecule has 18 heavy (non-hydrogen) atoms. The van der Waals surface area contributed by atoms with E-state index in [0.717, 1.165) is 18.2 Å². The molecule has 0 spiro atoms. The van der Waals surface area contributed by atoms with Crippen molar-refractivity contribution in [2.24, 2.45) is 0 Å². The van der Waals surface area contributed by atoms with Crippen molar-refractivity contribution >= 4 is 21.6 Å². The maximum atomic E-state index is 13.6. The summed E-state index contributed by atoms with van der Waals surface area (Å²) in [4.78, 5) is 10.0. The Kier molecular flexibility index (Phi) is 3.37. The van der Waals surface area contributed by atoms with E-state index in [-0.39, 0.29) is 16.2 Å². The summed E-state index contributed by atoms with van der Waals surface area (Å²) >= 11 is 3.31. The van der Waals surface area contributed by atoms with Crippen molar-refractivity contribution in [3.63, 3.8) is 0 Å². The highest BCUT2D eigenvalue weighted by Crippen LogP contribution is 2.23. The Balaban J connectivity index is 2.48. The molecule has 0 bridgehead atoms. The topological polar surface area (TPSA) is 73.8 Å². The molecular formula is C10H8BrFN4O2. The zero-order valence-corrected chi connectivity index (χ0v) is 10.8. The van der Waals surface area contributed by atoms with Crippen LogP contribution in [0.1, 0.15) is 17.4 Å². The van der Waals surface area contributed by atoms with E-state index in [9.17, 15) is 14.5 Å². The van der Waals surface area contributed by atoms with Gasteiger partial charge in [-0.25, -0.2) is 9.07 Å². The largest absolute Gasteiger partial charge is 0.271 e. The van der Waals surface area contributed by atoms with Crippen molar-refractivity contribution in [1.82, 2.24) is 15.0 Å². The van der Waals surface area contributed by atoms with Crippen LogP contribution in [0.25, 0.3) is 5.69 Å². The van der Waals surface area contributed by atoms with E-state index in [2.05, 4.69) is 26.2 Å². The van der Waals surface area contributed by atoms with Crippen molar-refractivity contribution < 1.29 is 9.31 Å². The van der Waals surface area contributed by atoms with Crippen molar-refractivity contribution in [2.75, 3.05) is 0 Å². The number of aromatic nitrogens is 3. The summed E-state index contributed by atoms with van der Waals surface area (Å²) in [6.07, 6.45) is 1.52. The first-order chi connectivity index (χ1) is 8.49. The van der Waals surface area contributed by atoms with Gasteiger partial charge in [-0.2, -0.15) is 0 Å². The molecule has 8 heteroatoms. The lowest BCUT2D eigenvalue weighted by atomic mass is 10.2. The molecular weight excluding hydrogens is 307 g/mol. The van der Waals surface area contributed by atoms with Gasteiger partial charge in [0, 0.05) is 12.1 Å². The van der Waals surface area contributed by atoms with Crippen LogP contribution in [0, 0.1) is 15.9 Å². The zero-order chi connectivity index (χ0) is 13.3. The Morgan fingerprint density at radius 3 is 2.83 bits per heavy atom. The standard InChI is InChI=1S/C10H8BrFN4O2/c1-6(11)9-5-15(14-13-9)10-4-7(16(17)18)2-3-8(10)12/h2-6H,1H3. The van der Waals surface area contributed by atoms with Gasteiger partial charge in [-0.05, 0) is 13.0 Å². The van der Waals surface area contributed by atoms with Gasteiger partial charge in [-0.1, -0.05) is 21.1 Å². The minimum absolute atomic E-state index is 0.00361. The average molecular weight is 315 g/mol. The van der Waals surface area contributed by atoms with Crippen molar-refractivity contribution in [3.05, 3.63) is 46.0 Å². The minimum Gasteiger partial charge on any atom is -0.258 e. The van der Waals surface area contributed by atoms with Gasteiger partial charge in [0.2, 0.25) is 0 Å². The number of benzene rings is 1. The van der Waals surface area contributed by atoms with Crippen LogP contribution >= 0.6 is 15.9 Å². The molecule has 1 heterocycles. The summed E-state index contributed by atoms with van der Waals surface area (Å²) in [6, 6.07) is 3.25. The highest BCUT2D eigenvalue weighted by atomic mass is 79.9. The van der Waals surface area contributed by atoms with Gasteiger partial charge in [0.05, 0.1) is 21.6 Å². The van der Waals surface area contributed by atoms with Crippen LogP contribution in [0.4, 0.5) is 10.1 Å². The van der Waals surface area contributed by atoms with E-state index in [1.54, 1.807) is 0 Å². The maximum absolute atomic E-state index is 13.6. The van der Waals surface area contributed by atoms with Crippen LogP contribution in [-0.2, 0) is 0 Å². The van der Waals surface area contributed by atoms with Crippen molar-refractivity contribution in [3.8, 4) is 5.69 Å². The number of non-ortho nitro benzene ring substituents is 1. The summed E-state index contributed by atoms with van der Waals surface area (Å²) in [6.45, 7) is 1.85. The molecule has 94 valence electrons. The predicted molar refractivity (Wildman–Crippen MR) is 65.3 cm³/mol. The lowest BCUT2D eigenvalue weighted by molar-refractivity contribution is -0.384. The Hall–Kier alpha value is -1.83. The fourth-order valence-corrected chi connectivity index (χ4v) is 1.58. The third kappa shape index (κ3) is 2.37. The maximum Gasteiger partial charge on any atom is 0.271 e. The normalized spacial score (nSPS) is 12.4. The molecule has 0 saturated carbocycles. The van der Waals surface area contributed by atoms with E-state index in [1.807, 2.05) is 6.92 Å². The molecule has 2 aromatic rings. The number of halogens is 2. The van der Waals surface area contributed by atoms with Gasteiger partial charge in [0.1, 0.15) is 11.5 Å². The summed E-state index contributed by atoms with van der Waals surface area (Å²) in [5, 5.41) is 18.2. The van der Waals surface area contributed by atoms with Crippen molar-refractivity contribution in [1.29, 1.82) is 0 Å². The Morgan fingerprint density at radius 1 is 1.56 bits per heavy atom. The Morgan fingerprint density at radius 2 is 2.28 bits per heavy atom. The Bertz CT molecular complexity index is 599. The van der Waals surface area contributed by atoms with Gasteiger partial charge < -0.3 is 0 Å². The van der Waals surface area contributed by atoms with Crippen LogP contribution in [0.3, 0.4) is 0 Å². The molecule has 1 atom stereocenters. The van der Waals surface area contributed by atoms with Crippen molar-refractivity contribution in [2.45, 2.75) is 11.8 Å². The number of alkyl halides is 1.